The molecule has 0 radical (unpaired) electrons. The topological polar surface area (TPSA) is 64.7 Å². The number of nitrogens with one attached hydrogen (secondary N) is 2. The second kappa shape index (κ2) is 10.1. The predicted octanol–water partition coefficient (Wildman–Crippen LogP) is 2.53. The van der Waals surface area contributed by atoms with Crippen molar-refractivity contribution in [2.24, 2.45) is 5.92 Å². The summed E-state index contributed by atoms with van der Waals surface area (Å²) in [6.45, 7) is 7.87. The number of rotatable bonds is 7. The van der Waals surface area contributed by atoms with E-state index >= 15 is 0 Å². The summed E-state index contributed by atoms with van der Waals surface area (Å²) in [5.41, 5.74) is 0.579. The van der Waals surface area contributed by atoms with Crippen LogP contribution >= 0.6 is 0 Å². The molecule has 2 rings (SSSR count). The molecule has 0 aromatic heterocycles. The summed E-state index contributed by atoms with van der Waals surface area (Å²) in [7, 11) is 0. The van der Waals surface area contributed by atoms with Crippen LogP contribution in [-0.4, -0.2) is 61.0 Å². The molecule has 1 aromatic carbocycles. The standard InChI is InChI=1S/C19H29FN4O2/c1-15(2)4-3-9-21-19(26)24-12-10-23(11-13-24)14-18(25)22-17-7-5-16(20)6-8-17/h5-8,15H,3-4,9-14H2,1-2H3,(H,21,26)(H,22,25). The molecule has 1 aromatic rings. The number of anilines is 1. The highest BCUT2D eigenvalue weighted by Crippen LogP contribution is 2.09. The third kappa shape index (κ3) is 7.00. The van der Waals surface area contributed by atoms with Crippen molar-refractivity contribution in [1.29, 1.82) is 0 Å². The number of piperazine rings is 1. The molecule has 1 saturated heterocycles. The second-order valence-electron chi connectivity index (χ2n) is 7.09. The smallest absolute Gasteiger partial charge is 0.317 e. The van der Waals surface area contributed by atoms with Gasteiger partial charge in [-0.15, -0.1) is 0 Å². The number of carbonyl (C=O) groups is 2. The van der Waals surface area contributed by atoms with Crippen LogP contribution in [-0.2, 0) is 4.79 Å². The van der Waals surface area contributed by atoms with E-state index in [0.717, 1.165) is 12.8 Å². The van der Waals surface area contributed by atoms with Crippen molar-refractivity contribution in [3.63, 3.8) is 0 Å². The Morgan fingerprint density at radius 1 is 1.12 bits per heavy atom. The highest BCUT2D eigenvalue weighted by molar-refractivity contribution is 5.92. The number of amides is 3. The van der Waals surface area contributed by atoms with Crippen LogP contribution in [0.3, 0.4) is 0 Å². The Morgan fingerprint density at radius 2 is 1.77 bits per heavy atom. The third-order valence-corrected chi connectivity index (χ3v) is 4.39. The molecule has 1 fully saturated rings. The van der Waals surface area contributed by atoms with Crippen molar-refractivity contribution < 1.29 is 14.0 Å². The number of benzene rings is 1. The number of hydrogen-bond acceptors (Lipinski definition) is 3. The first kappa shape index (κ1) is 20.2. The monoisotopic (exact) mass is 364 g/mol. The lowest BCUT2D eigenvalue weighted by molar-refractivity contribution is -0.117. The fourth-order valence-electron chi connectivity index (χ4n) is 2.86. The van der Waals surface area contributed by atoms with Crippen LogP contribution in [0.15, 0.2) is 24.3 Å². The van der Waals surface area contributed by atoms with Crippen LogP contribution < -0.4 is 10.6 Å². The SMILES string of the molecule is CC(C)CCCNC(=O)N1CCN(CC(=O)Nc2ccc(F)cc2)CC1. The lowest BCUT2D eigenvalue weighted by Gasteiger charge is -2.34. The molecule has 0 atom stereocenters. The first-order valence-corrected chi connectivity index (χ1v) is 9.24. The molecule has 6 nitrogen and oxygen atoms in total. The normalized spacial score (nSPS) is 15.2. The van der Waals surface area contributed by atoms with Crippen molar-refractivity contribution >= 4 is 17.6 Å². The van der Waals surface area contributed by atoms with Gasteiger partial charge in [0.25, 0.3) is 0 Å². The van der Waals surface area contributed by atoms with E-state index in [1.807, 2.05) is 4.90 Å². The van der Waals surface area contributed by atoms with Gasteiger partial charge >= 0.3 is 6.03 Å². The van der Waals surface area contributed by atoms with Crippen molar-refractivity contribution in [1.82, 2.24) is 15.1 Å². The van der Waals surface area contributed by atoms with Gasteiger partial charge < -0.3 is 15.5 Å². The van der Waals surface area contributed by atoms with E-state index in [-0.39, 0.29) is 24.3 Å². The van der Waals surface area contributed by atoms with E-state index in [9.17, 15) is 14.0 Å². The molecule has 0 spiro atoms. The van der Waals surface area contributed by atoms with Crippen molar-refractivity contribution in [2.75, 3.05) is 44.6 Å². The van der Waals surface area contributed by atoms with Crippen molar-refractivity contribution in [3.05, 3.63) is 30.1 Å². The van der Waals surface area contributed by atoms with Crippen LogP contribution in [0.1, 0.15) is 26.7 Å². The Balaban J connectivity index is 1.65. The van der Waals surface area contributed by atoms with Crippen LogP contribution in [0.25, 0.3) is 0 Å². The Labute approximate surface area is 154 Å². The quantitative estimate of drug-likeness (QED) is 0.731. The van der Waals surface area contributed by atoms with Crippen LogP contribution in [0, 0.1) is 11.7 Å². The summed E-state index contributed by atoms with van der Waals surface area (Å²) >= 11 is 0. The zero-order chi connectivity index (χ0) is 18.9. The molecule has 2 N–H and O–H groups in total. The summed E-state index contributed by atoms with van der Waals surface area (Å²) in [6, 6.07) is 5.68. The number of halogens is 1. The maximum absolute atomic E-state index is 12.9. The molecule has 0 aliphatic carbocycles. The van der Waals surface area contributed by atoms with E-state index in [1.165, 1.54) is 24.3 Å². The molecular formula is C19H29FN4O2. The van der Waals surface area contributed by atoms with Crippen molar-refractivity contribution in [2.45, 2.75) is 26.7 Å². The average Bonchev–Trinajstić information content (AvgIpc) is 2.61. The maximum Gasteiger partial charge on any atom is 0.317 e. The highest BCUT2D eigenvalue weighted by Gasteiger charge is 2.22. The van der Waals surface area contributed by atoms with Gasteiger partial charge in [-0.1, -0.05) is 13.8 Å². The minimum Gasteiger partial charge on any atom is -0.338 e. The number of nitrogens with zero attached hydrogens (tertiary/aromatic N) is 2. The van der Waals surface area contributed by atoms with Gasteiger partial charge in [0.1, 0.15) is 5.82 Å². The van der Waals surface area contributed by atoms with Crippen LogP contribution in [0.2, 0.25) is 0 Å². The van der Waals surface area contributed by atoms with Crippen LogP contribution in [0.5, 0.6) is 0 Å². The number of hydrogen-bond donors (Lipinski definition) is 2. The van der Waals surface area contributed by atoms with Gasteiger partial charge in [-0.2, -0.15) is 0 Å². The summed E-state index contributed by atoms with van der Waals surface area (Å²) in [6.07, 6.45) is 2.10. The lowest BCUT2D eigenvalue weighted by Crippen LogP contribution is -2.53. The molecular weight excluding hydrogens is 335 g/mol. The molecule has 144 valence electrons. The maximum atomic E-state index is 12.9. The summed E-state index contributed by atoms with van der Waals surface area (Å²) < 4.78 is 12.9. The lowest BCUT2D eigenvalue weighted by atomic mass is 10.1. The summed E-state index contributed by atoms with van der Waals surface area (Å²) in [4.78, 5) is 28.0. The zero-order valence-electron chi connectivity index (χ0n) is 15.6. The van der Waals surface area contributed by atoms with Gasteiger partial charge in [0.2, 0.25) is 5.91 Å². The third-order valence-electron chi connectivity index (χ3n) is 4.39. The second-order valence-corrected chi connectivity index (χ2v) is 7.09. The molecule has 0 saturated carbocycles. The zero-order valence-corrected chi connectivity index (χ0v) is 15.6. The predicted molar refractivity (Wildman–Crippen MR) is 101 cm³/mol. The molecule has 1 aliphatic rings. The van der Waals surface area contributed by atoms with Crippen LogP contribution in [0.4, 0.5) is 14.9 Å². The minimum absolute atomic E-state index is 0.0239. The van der Waals surface area contributed by atoms with Gasteiger partial charge in [-0.05, 0) is 43.0 Å². The Bertz CT molecular complexity index is 584. The fraction of sp³-hybridized carbons (Fsp3) is 0.579. The van der Waals surface area contributed by atoms with Gasteiger partial charge in [0.05, 0.1) is 6.54 Å². The molecule has 7 heteroatoms. The average molecular weight is 364 g/mol. The molecule has 1 aliphatic heterocycles. The minimum atomic E-state index is -0.332. The summed E-state index contributed by atoms with van der Waals surface area (Å²) in [5.74, 6) is 0.182. The van der Waals surface area contributed by atoms with Gasteiger partial charge in [-0.25, -0.2) is 9.18 Å². The van der Waals surface area contributed by atoms with Gasteiger partial charge in [-0.3, -0.25) is 9.69 Å². The fourth-order valence-corrected chi connectivity index (χ4v) is 2.86. The van der Waals surface area contributed by atoms with E-state index in [2.05, 4.69) is 24.5 Å². The Kier molecular flexibility index (Phi) is 7.84. The Hall–Kier alpha value is -2.15. The van der Waals surface area contributed by atoms with E-state index in [4.69, 9.17) is 0 Å². The Morgan fingerprint density at radius 3 is 2.38 bits per heavy atom. The first-order chi connectivity index (χ1) is 12.4. The van der Waals surface area contributed by atoms with E-state index in [0.29, 0.717) is 44.3 Å². The largest absolute Gasteiger partial charge is 0.338 e. The first-order valence-electron chi connectivity index (χ1n) is 9.24. The molecule has 26 heavy (non-hydrogen) atoms. The van der Waals surface area contributed by atoms with E-state index < -0.39 is 0 Å². The van der Waals surface area contributed by atoms with Gasteiger partial charge in [0.15, 0.2) is 0 Å². The number of urea groups is 1. The van der Waals surface area contributed by atoms with Crippen molar-refractivity contribution in [3.8, 4) is 0 Å². The molecule has 0 bridgehead atoms. The molecule has 0 unspecified atom stereocenters. The summed E-state index contributed by atoms with van der Waals surface area (Å²) in [5, 5.41) is 5.71. The molecule has 1 heterocycles. The molecule has 3 amide bonds. The highest BCUT2D eigenvalue weighted by atomic mass is 19.1. The number of carbonyl (C=O) groups excluding carboxylic acids is 2. The van der Waals surface area contributed by atoms with E-state index in [1.54, 1.807) is 4.90 Å². The van der Waals surface area contributed by atoms with Gasteiger partial charge in [0, 0.05) is 38.4 Å².